The lowest BCUT2D eigenvalue weighted by Crippen LogP contribution is -2.25. The van der Waals surface area contributed by atoms with Crippen LogP contribution in [0, 0.1) is 0 Å². The van der Waals surface area contributed by atoms with Crippen LogP contribution >= 0.6 is 0 Å². The zero-order valence-electron chi connectivity index (χ0n) is 18.6. The van der Waals surface area contributed by atoms with Crippen molar-refractivity contribution in [3.05, 3.63) is 30.3 Å². The van der Waals surface area contributed by atoms with Crippen LogP contribution in [-0.2, 0) is 0 Å². The molecule has 0 aromatic heterocycles. The van der Waals surface area contributed by atoms with Crippen LogP contribution < -0.4 is 4.90 Å². The summed E-state index contributed by atoms with van der Waals surface area (Å²) in [5.74, 6) is 0. The van der Waals surface area contributed by atoms with Gasteiger partial charge in [0.2, 0.25) is 0 Å². The van der Waals surface area contributed by atoms with Crippen molar-refractivity contribution in [3.63, 3.8) is 0 Å². The van der Waals surface area contributed by atoms with Crippen LogP contribution in [0.15, 0.2) is 30.3 Å². The highest BCUT2D eigenvalue weighted by Gasteiger charge is 2.05. The Labute approximate surface area is 170 Å². The SMILES string of the molecule is CCCCCCCCCCCCN(CCCCCCCC)c1ccccc1. The van der Waals surface area contributed by atoms with Crippen LogP contribution in [0.4, 0.5) is 5.69 Å². The van der Waals surface area contributed by atoms with Crippen LogP contribution in [0.2, 0.25) is 0 Å². The number of hydrogen-bond donors (Lipinski definition) is 0. The Morgan fingerprint density at radius 2 is 0.852 bits per heavy atom. The van der Waals surface area contributed by atoms with Gasteiger partial charge in [-0.15, -0.1) is 0 Å². The third-order valence-electron chi connectivity index (χ3n) is 5.68. The van der Waals surface area contributed by atoms with E-state index in [0.717, 1.165) is 0 Å². The monoisotopic (exact) mass is 373 g/mol. The fraction of sp³-hybridized carbons (Fsp3) is 0.769. The van der Waals surface area contributed by atoms with Crippen LogP contribution in [-0.4, -0.2) is 13.1 Å². The minimum atomic E-state index is 1.23. The van der Waals surface area contributed by atoms with Gasteiger partial charge in [-0.3, -0.25) is 0 Å². The third kappa shape index (κ3) is 13.8. The first-order valence-corrected chi connectivity index (χ1v) is 12.2. The number of hydrogen-bond acceptors (Lipinski definition) is 1. The van der Waals surface area contributed by atoms with Crippen molar-refractivity contribution >= 4 is 5.69 Å². The Balaban J connectivity index is 2.14. The standard InChI is InChI=1S/C26H47N/c1-3-5-7-9-11-12-13-14-16-21-25-27(26-22-18-17-19-23-26)24-20-15-10-8-6-4-2/h17-19,22-23H,3-16,20-21,24-25H2,1-2H3. The Hall–Kier alpha value is -0.980. The molecule has 156 valence electrons. The summed E-state index contributed by atoms with van der Waals surface area (Å²) in [6.45, 7) is 7.05. The van der Waals surface area contributed by atoms with Gasteiger partial charge in [-0.1, -0.05) is 122 Å². The summed E-state index contributed by atoms with van der Waals surface area (Å²) < 4.78 is 0. The number of unbranched alkanes of at least 4 members (excludes halogenated alkanes) is 14. The molecule has 1 rings (SSSR count). The molecule has 0 saturated heterocycles. The topological polar surface area (TPSA) is 3.24 Å². The van der Waals surface area contributed by atoms with Crippen molar-refractivity contribution in [1.29, 1.82) is 0 Å². The highest BCUT2D eigenvalue weighted by Crippen LogP contribution is 2.17. The molecule has 1 aromatic rings. The summed E-state index contributed by atoms with van der Waals surface area (Å²) in [4.78, 5) is 2.63. The molecule has 0 amide bonds. The normalized spacial score (nSPS) is 11.0. The van der Waals surface area contributed by atoms with E-state index in [4.69, 9.17) is 0 Å². The van der Waals surface area contributed by atoms with E-state index >= 15 is 0 Å². The fourth-order valence-corrected chi connectivity index (χ4v) is 3.88. The van der Waals surface area contributed by atoms with Crippen molar-refractivity contribution in [2.75, 3.05) is 18.0 Å². The summed E-state index contributed by atoms with van der Waals surface area (Å²) in [6.07, 6.45) is 22.5. The van der Waals surface area contributed by atoms with Crippen molar-refractivity contribution in [1.82, 2.24) is 0 Å². The van der Waals surface area contributed by atoms with Crippen LogP contribution in [0.1, 0.15) is 117 Å². The van der Waals surface area contributed by atoms with E-state index in [0.29, 0.717) is 0 Å². The van der Waals surface area contributed by atoms with Gasteiger partial charge >= 0.3 is 0 Å². The zero-order chi connectivity index (χ0) is 19.4. The predicted octanol–water partition coefficient (Wildman–Crippen LogP) is 8.77. The maximum Gasteiger partial charge on any atom is 0.0366 e. The predicted molar refractivity (Wildman–Crippen MR) is 124 cm³/mol. The minimum Gasteiger partial charge on any atom is -0.372 e. The van der Waals surface area contributed by atoms with Crippen LogP contribution in [0.25, 0.3) is 0 Å². The average Bonchev–Trinajstić information content (AvgIpc) is 2.71. The van der Waals surface area contributed by atoms with Crippen molar-refractivity contribution in [2.45, 2.75) is 117 Å². The minimum absolute atomic E-state index is 1.23. The second kappa shape index (κ2) is 18.4. The van der Waals surface area contributed by atoms with E-state index < -0.39 is 0 Å². The van der Waals surface area contributed by atoms with Gasteiger partial charge in [0.25, 0.3) is 0 Å². The fourth-order valence-electron chi connectivity index (χ4n) is 3.88. The summed E-state index contributed by atoms with van der Waals surface area (Å²) in [6, 6.07) is 11.1. The third-order valence-corrected chi connectivity index (χ3v) is 5.68. The smallest absolute Gasteiger partial charge is 0.0366 e. The molecule has 0 atom stereocenters. The Bertz CT molecular complexity index is 400. The molecule has 0 bridgehead atoms. The molecule has 0 aliphatic rings. The van der Waals surface area contributed by atoms with E-state index in [1.807, 2.05) is 0 Å². The number of para-hydroxylation sites is 1. The molecule has 1 heteroatoms. The first-order chi connectivity index (χ1) is 13.4. The van der Waals surface area contributed by atoms with Crippen LogP contribution in [0.3, 0.4) is 0 Å². The summed E-state index contributed by atoms with van der Waals surface area (Å²) in [7, 11) is 0. The molecule has 1 aromatic carbocycles. The lowest BCUT2D eigenvalue weighted by atomic mass is 10.1. The first kappa shape index (κ1) is 24.1. The van der Waals surface area contributed by atoms with Crippen LogP contribution in [0.5, 0.6) is 0 Å². The van der Waals surface area contributed by atoms with E-state index in [1.54, 1.807) is 0 Å². The van der Waals surface area contributed by atoms with Crippen molar-refractivity contribution in [2.24, 2.45) is 0 Å². The zero-order valence-corrected chi connectivity index (χ0v) is 18.6. The second-order valence-electron chi connectivity index (χ2n) is 8.27. The highest BCUT2D eigenvalue weighted by molar-refractivity contribution is 5.45. The van der Waals surface area contributed by atoms with E-state index in [1.165, 1.54) is 122 Å². The molecule has 0 saturated carbocycles. The van der Waals surface area contributed by atoms with Gasteiger partial charge in [0.05, 0.1) is 0 Å². The van der Waals surface area contributed by atoms with Gasteiger partial charge in [0.1, 0.15) is 0 Å². The Kier molecular flexibility index (Phi) is 16.4. The number of nitrogens with zero attached hydrogens (tertiary/aromatic N) is 1. The van der Waals surface area contributed by atoms with Gasteiger partial charge in [0.15, 0.2) is 0 Å². The molecule has 0 aliphatic heterocycles. The van der Waals surface area contributed by atoms with Gasteiger partial charge in [0, 0.05) is 18.8 Å². The van der Waals surface area contributed by atoms with Crippen molar-refractivity contribution < 1.29 is 0 Å². The van der Waals surface area contributed by atoms with Crippen molar-refractivity contribution in [3.8, 4) is 0 Å². The molecule has 0 N–H and O–H groups in total. The molecular weight excluding hydrogens is 326 g/mol. The maximum absolute atomic E-state index is 2.63. The average molecular weight is 374 g/mol. The number of anilines is 1. The molecule has 0 radical (unpaired) electrons. The quantitative estimate of drug-likeness (QED) is 0.219. The Morgan fingerprint density at radius 3 is 1.26 bits per heavy atom. The van der Waals surface area contributed by atoms with Gasteiger partial charge < -0.3 is 4.90 Å². The Morgan fingerprint density at radius 1 is 0.481 bits per heavy atom. The molecule has 0 spiro atoms. The molecule has 0 fully saturated rings. The van der Waals surface area contributed by atoms with E-state index in [-0.39, 0.29) is 0 Å². The summed E-state index contributed by atoms with van der Waals surface area (Å²) in [5, 5.41) is 0. The van der Waals surface area contributed by atoms with Gasteiger partial charge in [-0.2, -0.15) is 0 Å². The number of benzene rings is 1. The summed E-state index contributed by atoms with van der Waals surface area (Å²) >= 11 is 0. The molecule has 0 aliphatic carbocycles. The molecule has 0 unspecified atom stereocenters. The summed E-state index contributed by atoms with van der Waals surface area (Å²) in [5.41, 5.74) is 1.42. The maximum atomic E-state index is 2.63. The van der Waals surface area contributed by atoms with Gasteiger partial charge in [-0.05, 0) is 25.0 Å². The lowest BCUT2D eigenvalue weighted by Gasteiger charge is -2.25. The lowest BCUT2D eigenvalue weighted by molar-refractivity contribution is 0.549. The number of rotatable bonds is 19. The molecule has 0 heterocycles. The molecule has 27 heavy (non-hydrogen) atoms. The second-order valence-corrected chi connectivity index (χ2v) is 8.27. The molecule has 1 nitrogen and oxygen atoms in total. The van der Waals surface area contributed by atoms with E-state index in [2.05, 4.69) is 49.1 Å². The largest absolute Gasteiger partial charge is 0.372 e. The first-order valence-electron chi connectivity index (χ1n) is 12.2. The van der Waals surface area contributed by atoms with E-state index in [9.17, 15) is 0 Å². The highest BCUT2D eigenvalue weighted by atomic mass is 15.1. The molecular formula is C26H47N. The van der Waals surface area contributed by atoms with Gasteiger partial charge in [-0.25, -0.2) is 0 Å².